The van der Waals surface area contributed by atoms with Crippen molar-refractivity contribution in [3.8, 4) is 0 Å². The van der Waals surface area contributed by atoms with Crippen LogP contribution in [0.15, 0.2) is 40.2 Å². The molecule has 92 valence electrons. The molecule has 1 nitrogen and oxygen atoms in total. The summed E-state index contributed by atoms with van der Waals surface area (Å²) in [5, 5.41) is 1.96. The standard InChI is InChI=1S/C15H13BrOS/c16-13-8-9-18-15(13)14(17)12-7-3-5-10-4-1-2-6-11(10)12/h1-2,4,6,8-9,12H,3,5,7H2. The van der Waals surface area contributed by atoms with E-state index in [0.29, 0.717) is 0 Å². The molecule has 3 heteroatoms. The maximum absolute atomic E-state index is 12.6. The number of thiophene rings is 1. The number of Topliss-reactive ketones (excluding diaryl/α,β-unsaturated/α-hetero) is 1. The summed E-state index contributed by atoms with van der Waals surface area (Å²) in [5.74, 6) is 0.314. The number of ketones is 1. The summed E-state index contributed by atoms with van der Waals surface area (Å²) in [6, 6.07) is 10.3. The molecule has 0 saturated carbocycles. The van der Waals surface area contributed by atoms with Gasteiger partial charge in [0.2, 0.25) is 0 Å². The van der Waals surface area contributed by atoms with Crippen molar-refractivity contribution in [2.24, 2.45) is 0 Å². The molecular formula is C15H13BrOS. The second-order valence-corrected chi connectivity index (χ2v) is 6.38. The predicted molar refractivity (Wildman–Crippen MR) is 78.5 cm³/mol. The molecule has 18 heavy (non-hydrogen) atoms. The fourth-order valence-electron chi connectivity index (χ4n) is 2.65. The van der Waals surface area contributed by atoms with E-state index in [1.807, 2.05) is 17.5 Å². The van der Waals surface area contributed by atoms with E-state index in [9.17, 15) is 4.79 Å². The molecule has 0 aliphatic heterocycles. The van der Waals surface area contributed by atoms with Crippen molar-refractivity contribution >= 4 is 33.0 Å². The summed E-state index contributed by atoms with van der Waals surface area (Å²) in [7, 11) is 0. The molecule has 1 heterocycles. The smallest absolute Gasteiger partial charge is 0.181 e. The number of carbonyl (C=O) groups is 1. The molecule has 1 aliphatic rings. The predicted octanol–water partition coefficient (Wildman–Crippen LogP) is 4.81. The van der Waals surface area contributed by atoms with E-state index in [1.165, 1.54) is 22.5 Å². The van der Waals surface area contributed by atoms with E-state index in [2.05, 4.69) is 34.1 Å². The lowest BCUT2D eigenvalue weighted by Gasteiger charge is -2.24. The quantitative estimate of drug-likeness (QED) is 0.725. The molecule has 0 radical (unpaired) electrons. The van der Waals surface area contributed by atoms with Crippen molar-refractivity contribution in [1.82, 2.24) is 0 Å². The third kappa shape index (κ3) is 2.06. The summed E-state index contributed by atoms with van der Waals surface area (Å²) in [4.78, 5) is 13.5. The van der Waals surface area contributed by atoms with Crippen LogP contribution in [0.4, 0.5) is 0 Å². The fourth-order valence-corrected chi connectivity index (χ4v) is 4.22. The zero-order chi connectivity index (χ0) is 12.5. The van der Waals surface area contributed by atoms with Crippen molar-refractivity contribution < 1.29 is 4.79 Å². The topological polar surface area (TPSA) is 17.1 Å². The third-order valence-electron chi connectivity index (χ3n) is 3.53. The Morgan fingerprint density at radius 1 is 1.28 bits per heavy atom. The van der Waals surface area contributed by atoms with Crippen LogP contribution in [0.2, 0.25) is 0 Å². The highest BCUT2D eigenvalue weighted by Gasteiger charge is 2.28. The summed E-state index contributed by atoms with van der Waals surface area (Å²) in [5.41, 5.74) is 2.57. The Hall–Kier alpha value is -0.930. The molecule has 0 amide bonds. The second kappa shape index (κ2) is 4.98. The summed E-state index contributed by atoms with van der Waals surface area (Å²) in [6.07, 6.45) is 3.18. The lowest BCUT2D eigenvalue weighted by atomic mass is 9.80. The van der Waals surface area contributed by atoms with Gasteiger partial charge in [0, 0.05) is 10.4 Å². The first-order chi connectivity index (χ1) is 8.77. The average molecular weight is 321 g/mol. The molecule has 1 aromatic heterocycles. The van der Waals surface area contributed by atoms with Crippen LogP contribution in [-0.2, 0) is 6.42 Å². The summed E-state index contributed by atoms with van der Waals surface area (Å²) < 4.78 is 0.931. The number of halogens is 1. The van der Waals surface area contributed by atoms with Crippen molar-refractivity contribution in [3.05, 3.63) is 56.2 Å². The number of hydrogen-bond acceptors (Lipinski definition) is 2. The SMILES string of the molecule is O=C(c1sccc1Br)C1CCCc2ccccc21. The van der Waals surface area contributed by atoms with E-state index in [-0.39, 0.29) is 11.7 Å². The number of hydrogen-bond donors (Lipinski definition) is 0. The highest BCUT2D eigenvalue weighted by atomic mass is 79.9. The van der Waals surface area contributed by atoms with Gasteiger partial charge in [0.25, 0.3) is 0 Å². The number of benzene rings is 1. The van der Waals surface area contributed by atoms with Gasteiger partial charge in [0.1, 0.15) is 0 Å². The van der Waals surface area contributed by atoms with E-state index in [1.54, 1.807) is 0 Å². The Morgan fingerprint density at radius 2 is 2.11 bits per heavy atom. The first-order valence-corrected chi connectivity index (χ1v) is 7.79. The van der Waals surface area contributed by atoms with Gasteiger partial charge in [-0.25, -0.2) is 0 Å². The molecule has 1 aliphatic carbocycles. The Labute approximate surface area is 119 Å². The van der Waals surface area contributed by atoms with Gasteiger partial charge >= 0.3 is 0 Å². The Morgan fingerprint density at radius 3 is 2.89 bits per heavy atom. The van der Waals surface area contributed by atoms with Crippen LogP contribution < -0.4 is 0 Å². The summed E-state index contributed by atoms with van der Waals surface area (Å²) in [6.45, 7) is 0. The van der Waals surface area contributed by atoms with Gasteiger partial charge in [0.05, 0.1) is 4.88 Å². The van der Waals surface area contributed by atoms with Gasteiger partial charge in [-0.1, -0.05) is 24.3 Å². The molecule has 0 N–H and O–H groups in total. The maximum Gasteiger partial charge on any atom is 0.181 e. The minimum atomic E-state index is 0.0462. The number of aryl methyl sites for hydroxylation is 1. The molecule has 1 aromatic carbocycles. The van der Waals surface area contributed by atoms with Crippen LogP contribution >= 0.6 is 27.3 Å². The van der Waals surface area contributed by atoms with Crippen LogP contribution in [0.25, 0.3) is 0 Å². The lowest BCUT2D eigenvalue weighted by Crippen LogP contribution is -2.18. The van der Waals surface area contributed by atoms with Crippen LogP contribution in [-0.4, -0.2) is 5.78 Å². The molecule has 3 rings (SSSR count). The Kier molecular flexibility index (Phi) is 3.35. The van der Waals surface area contributed by atoms with Crippen LogP contribution in [0.5, 0.6) is 0 Å². The van der Waals surface area contributed by atoms with E-state index in [0.717, 1.165) is 28.6 Å². The van der Waals surface area contributed by atoms with Crippen molar-refractivity contribution in [2.75, 3.05) is 0 Å². The molecule has 1 unspecified atom stereocenters. The first kappa shape index (κ1) is 12.1. The van der Waals surface area contributed by atoms with Gasteiger partial charge in [-0.05, 0) is 57.8 Å². The van der Waals surface area contributed by atoms with Gasteiger partial charge in [-0.2, -0.15) is 0 Å². The monoisotopic (exact) mass is 320 g/mol. The molecule has 1 atom stereocenters. The zero-order valence-electron chi connectivity index (χ0n) is 9.86. The van der Waals surface area contributed by atoms with Crippen LogP contribution in [0.3, 0.4) is 0 Å². The van der Waals surface area contributed by atoms with Crippen molar-refractivity contribution in [2.45, 2.75) is 25.2 Å². The highest BCUT2D eigenvalue weighted by Crippen LogP contribution is 2.36. The highest BCUT2D eigenvalue weighted by molar-refractivity contribution is 9.10. The minimum absolute atomic E-state index is 0.0462. The van der Waals surface area contributed by atoms with Crippen molar-refractivity contribution in [3.63, 3.8) is 0 Å². The van der Waals surface area contributed by atoms with Gasteiger partial charge in [-0.15, -0.1) is 11.3 Å². The molecule has 0 spiro atoms. The van der Waals surface area contributed by atoms with Gasteiger partial charge < -0.3 is 0 Å². The average Bonchev–Trinajstić information content (AvgIpc) is 2.83. The summed E-state index contributed by atoms with van der Waals surface area (Å²) >= 11 is 4.99. The van der Waals surface area contributed by atoms with E-state index >= 15 is 0 Å². The largest absolute Gasteiger partial charge is 0.293 e. The van der Waals surface area contributed by atoms with E-state index < -0.39 is 0 Å². The van der Waals surface area contributed by atoms with Crippen LogP contribution in [0, 0.1) is 0 Å². The molecule has 2 aromatic rings. The maximum atomic E-state index is 12.6. The van der Waals surface area contributed by atoms with E-state index in [4.69, 9.17) is 0 Å². The normalized spacial score (nSPS) is 18.4. The number of rotatable bonds is 2. The van der Waals surface area contributed by atoms with Gasteiger partial charge in [0.15, 0.2) is 5.78 Å². The lowest BCUT2D eigenvalue weighted by molar-refractivity contribution is 0.0954. The van der Waals surface area contributed by atoms with Crippen LogP contribution in [0.1, 0.15) is 39.6 Å². The first-order valence-electron chi connectivity index (χ1n) is 6.12. The Balaban J connectivity index is 2.00. The Bertz CT molecular complexity index is 588. The fraction of sp³-hybridized carbons (Fsp3) is 0.267. The molecule has 0 saturated heterocycles. The minimum Gasteiger partial charge on any atom is -0.293 e. The van der Waals surface area contributed by atoms with Crippen molar-refractivity contribution in [1.29, 1.82) is 0 Å². The number of carbonyl (C=O) groups excluding carboxylic acids is 1. The molecule has 0 bridgehead atoms. The number of fused-ring (bicyclic) bond motifs is 1. The third-order valence-corrected chi connectivity index (χ3v) is 5.38. The zero-order valence-corrected chi connectivity index (χ0v) is 12.3. The molecular weight excluding hydrogens is 308 g/mol. The second-order valence-electron chi connectivity index (χ2n) is 4.61. The van der Waals surface area contributed by atoms with Gasteiger partial charge in [-0.3, -0.25) is 4.79 Å². The molecule has 0 fully saturated rings.